The highest BCUT2D eigenvalue weighted by atomic mass is 19.3. The lowest BCUT2D eigenvalue weighted by Crippen LogP contribution is -2.88. The molecule has 1 aliphatic carbocycles. The van der Waals surface area contributed by atoms with Crippen molar-refractivity contribution in [3.05, 3.63) is 65.7 Å². The van der Waals surface area contributed by atoms with Crippen LogP contribution in [0, 0.1) is 17.2 Å². The zero-order valence-corrected chi connectivity index (χ0v) is 16.1. The SMILES string of the molecule is C[C@@](C#N)(NC(=O)C[NH2+][C@@H](c1ccccc1)c1ccc(OC(F)F)cc1)C1CC1. The zero-order valence-electron chi connectivity index (χ0n) is 16.1. The molecule has 0 aliphatic heterocycles. The van der Waals surface area contributed by atoms with Crippen LogP contribution >= 0.6 is 0 Å². The summed E-state index contributed by atoms with van der Waals surface area (Å²) in [5.41, 5.74) is 1.01. The summed E-state index contributed by atoms with van der Waals surface area (Å²) in [7, 11) is 0. The molecule has 152 valence electrons. The molecule has 0 radical (unpaired) electrons. The van der Waals surface area contributed by atoms with Gasteiger partial charge in [0.1, 0.15) is 17.3 Å². The van der Waals surface area contributed by atoms with Gasteiger partial charge in [-0.1, -0.05) is 30.3 Å². The number of alkyl halides is 2. The Hall–Kier alpha value is -2.98. The van der Waals surface area contributed by atoms with Crippen molar-refractivity contribution >= 4 is 5.91 Å². The molecule has 3 N–H and O–H groups in total. The highest BCUT2D eigenvalue weighted by molar-refractivity contribution is 5.78. The van der Waals surface area contributed by atoms with E-state index in [4.69, 9.17) is 0 Å². The predicted molar refractivity (Wildman–Crippen MR) is 103 cm³/mol. The van der Waals surface area contributed by atoms with Gasteiger partial charge in [0.15, 0.2) is 6.54 Å². The van der Waals surface area contributed by atoms with Gasteiger partial charge in [0.2, 0.25) is 0 Å². The van der Waals surface area contributed by atoms with Crippen molar-refractivity contribution in [1.29, 1.82) is 5.26 Å². The zero-order chi connectivity index (χ0) is 20.9. The minimum Gasteiger partial charge on any atom is -0.435 e. The number of quaternary nitrogens is 1. The molecular formula is C22H24F2N3O2+. The normalized spacial score (nSPS) is 16.5. The summed E-state index contributed by atoms with van der Waals surface area (Å²) in [4.78, 5) is 12.5. The first-order valence-corrected chi connectivity index (χ1v) is 9.56. The number of carbonyl (C=O) groups is 1. The fraction of sp³-hybridized carbons (Fsp3) is 0.364. The van der Waals surface area contributed by atoms with E-state index in [1.807, 2.05) is 35.6 Å². The summed E-state index contributed by atoms with van der Waals surface area (Å²) in [5, 5.41) is 14.2. The van der Waals surface area contributed by atoms with Crippen molar-refractivity contribution in [2.75, 3.05) is 6.54 Å². The average Bonchev–Trinajstić information content (AvgIpc) is 3.55. The van der Waals surface area contributed by atoms with E-state index in [9.17, 15) is 18.8 Å². The number of nitrogens with one attached hydrogen (secondary N) is 1. The Kier molecular flexibility index (Phi) is 6.45. The molecule has 0 bridgehead atoms. The van der Waals surface area contributed by atoms with Crippen LogP contribution in [0.4, 0.5) is 8.78 Å². The Morgan fingerprint density at radius 2 is 1.83 bits per heavy atom. The highest BCUT2D eigenvalue weighted by Gasteiger charge is 2.43. The first-order valence-electron chi connectivity index (χ1n) is 9.56. The summed E-state index contributed by atoms with van der Waals surface area (Å²) in [6.07, 6.45) is 1.90. The van der Waals surface area contributed by atoms with Gasteiger partial charge in [0.05, 0.1) is 6.07 Å². The van der Waals surface area contributed by atoms with Crippen molar-refractivity contribution in [3.8, 4) is 11.8 Å². The van der Waals surface area contributed by atoms with Crippen LogP contribution < -0.4 is 15.4 Å². The maximum absolute atomic E-state index is 12.5. The number of amides is 1. The van der Waals surface area contributed by atoms with Crippen LogP contribution in [0.2, 0.25) is 0 Å². The third kappa shape index (κ3) is 5.52. The molecule has 0 saturated heterocycles. The number of ether oxygens (including phenoxy) is 1. The summed E-state index contributed by atoms with van der Waals surface area (Å²) >= 11 is 0. The second-order valence-electron chi connectivity index (χ2n) is 7.41. The van der Waals surface area contributed by atoms with E-state index in [1.165, 1.54) is 12.1 Å². The molecule has 5 nitrogen and oxygen atoms in total. The van der Waals surface area contributed by atoms with Gasteiger partial charge in [-0.3, -0.25) is 4.79 Å². The van der Waals surface area contributed by atoms with Crippen LogP contribution in [0.5, 0.6) is 5.75 Å². The molecule has 1 amide bonds. The molecule has 1 saturated carbocycles. The molecule has 7 heteroatoms. The first-order chi connectivity index (χ1) is 13.9. The molecule has 3 rings (SSSR count). The fourth-order valence-corrected chi connectivity index (χ4v) is 3.43. The monoisotopic (exact) mass is 400 g/mol. The average molecular weight is 400 g/mol. The van der Waals surface area contributed by atoms with Crippen molar-refractivity contribution in [2.45, 2.75) is 38.0 Å². The molecule has 0 aromatic heterocycles. The van der Waals surface area contributed by atoms with E-state index in [2.05, 4.69) is 16.1 Å². The Morgan fingerprint density at radius 3 is 2.38 bits per heavy atom. The van der Waals surface area contributed by atoms with Gasteiger partial charge < -0.3 is 15.4 Å². The lowest BCUT2D eigenvalue weighted by atomic mass is 9.97. The number of hydrogen-bond acceptors (Lipinski definition) is 3. The number of rotatable bonds is 9. The molecule has 1 fully saturated rings. The molecule has 0 unspecified atom stereocenters. The van der Waals surface area contributed by atoms with Crippen LogP contribution in [0.15, 0.2) is 54.6 Å². The topological polar surface area (TPSA) is 78.7 Å². The predicted octanol–water partition coefficient (Wildman–Crippen LogP) is 2.75. The number of carbonyl (C=O) groups excluding carboxylic acids is 1. The summed E-state index contributed by atoms with van der Waals surface area (Å²) in [6, 6.07) is 18.1. The van der Waals surface area contributed by atoms with E-state index in [-0.39, 0.29) is 30.2 Å². The Bertz CT molecular complexity index is 864. The third-order valence-corrected chi connectivity index (χ3v) is 5.19. The fourth-order valence-electron chi connectivity index (χ4n) is 3.43. The molecular weight excluding hydrogens is 376 g/mol. The molecule has 2 aromatic carbocycles. The summed E-state index contributed by atoms with van der Waals surface area (Å²) < 4.78 is 29.2. The van der Waals surface area contributed by atoms with Gasteiger partial charge in [-0.15, -0.1) is 0 Å². The number of nitriles is 1. The Morgan fingerprint density at radius 1 is 1.21 bits per heavy atom. The summed E-state index contributed by atoms with van der Waals surface area (Å²) in [5.74, 6) is 0.0887. The van der Waals surface area contributed by atoms with Gasteiger partial charge in [-0.2, -0.15) is 14.0 Å². The molecule has 0 spiro atoms. The molecule has 1 aliphatic rings. The largest absolute Gasteiger partial charge is 0.435 e. The maximum atomic E-state index is 12.5. The van der Waals surface area contributed by atoms with Crippen LogP contribution in [-0.2, 0) is 4.79 Å². The van der Waals surface area contributed by atoms with E-state index < -0.39 is 12.2 Å². The van der Waals surface area contributed by atoms with E-state index in [0.29, 0.717) is 0 Å². The van der Waals surface area contributed by atoms with Crippen molar-refractivity contribution in [1.82, 2.24) is 5.32 Å². The third-order valence-electron chi connectivity index (χ3n) is 5.19. The Labute approximate surface area is 168 Å². The van der Waals surface area contributed by atoms with Gasteiger partial charge in [0, 0.05) is 11.1 Å². The smallest absolute Gasteiger partial charge is 0.387 e. The minimum atomic E-state index is -2.87. The van der Waals surface area contributed by atoms with Gasteiger partial charge >= 0.3 is 6.61 Å². The second-order valence-corrected chi connectivity index (χ2v) is 7.41. The van der Waals surface area contributed by atoms with Crippen molar-refractivity contribution < 1.29 is 23.6 Å². The van der Waals surface area contributed by atoms with E-state index in [1.54, 1.807) is 19.1 Å². The number of benzene rings is 2. The van der Waals surface area contributed by atoms with E-state index in [0.717, 1.165) is 24.0 Å². The highest BCUT2D eigenvalue weighted by Crippen LogP contribution is 2.39. The quantitative estimate of drug-likeness (QED) is 0.679. The van der Waals surface area contributed by atoms with Crippen molar-refractivity contribution in [3.63, 3.8) is 0 Å². The first kappa shape index (κ1) is 20.7. The minimum absolute atomic E-state index is 0.0857. The molecule has 2 atom stereocenters. The van der Waals surface area contributed by atoms with Crippen molar-refractivity contribution in [2.24, 2.45) is 5.92 Å². The van der Waals surface area contributed by atoms with Crippen LogP contribution in [0.1, 0.15) is 36.9 Å². The second kappa shape index (κ2) is 9.01. The Balaban J connectivity index is 1.71. The molecule has 29 heavy (non-hydrogen) atoms. The lowest BCUT2D eigenvalue weighted by molar-refractivity contribution is -0.676. The number of nitrogens with zero attached hydrogens (tertiary/aromatic N) is 1. The standard InChI is InChI=1S/C22H23F2N3O2/c1-22(14-25,17-9-10-17)27-19(28)13-26-20(15-5-3-2-4-6-15)16-7-11-18(12-8-16)29-21(23)24/h2-8,11-12,17,20-21,26H,9-10,13H2,1H3,(H,27,28)/p+1/t20-,22-/m0/s1. The van der Waals surface area contributed by atoms with Crippen LogP contribution in [-0.4, -0.2) is 24.6 Å². The molecule has 0 heterocycles. The maximum Gasteiger partial charge on any atom is 0.387 e. The molecule has 2 aromatic rings. The number of hydrogen-bond donors (Lipinski definition) is 2. The van der Waals surface area contributed by atoms with Crippen LogP contribution in [0.3, 0.4) is 0 Å². The van der Waals surface area contributed by atoms with Gasteiger partial charge in [-0.25, -0.2) is 0 Å². The van der Waals surface area contributed by atoms with Crippen LogP contribution in [0.25, 0.3) is 0 Å². The van der Waals surface area contributed by atoms with Gasteiger partial charge in [0.25, 0.3) is 5.91 Å². The summed E-state index contributed by atoms with van der Waals surface area (Å²) in [6.45, 7) is -0.973. The number of halogens is 2. The lowest BCUT2D eigenvalue weighted by Gasteiger charge is -2.23. The number of nitrogens with two attached hydrogens (primary N) is 1. The van der Waals surface area contributed by atoms with Gasteiger partial charge in [-0.05, 0) is 49.9 Å². The van der Waals surface area contributed by atoms with E-state index >= 15 is 0 Å².